The van der Waals surface area contributed by atoms with Crippen LogP contribution in [0.25, 0.3) is 0 Å². The Hall–Kier alpha value is -2.63. The topological polar surface area (TPSA) is 145 Å². The Bertz CT molecular complexity index is 1080. The second-order valence-corrected chi connectivity index (χ2v) is 9.68. The largest absolute Gasteiger partial charge is 0.490 e. The van der Waals surface area contributed by atoms with Gasteiger partial charge in [0.2, 0.25) is 10.0 Å². The van der Waals surface area contributed by atoms with E-state index in [-0.39, 0.29) is 40.7 Å². The highest BCUT2D eigenvalue weighted by atomic mass is 32.2. The molecule has 2 aromatic carbocycles. The van der Waals surface area contributed by atoms with Gasteiger partial charge in [-0.2, -0.15) is 0 Å². The fourth-order valence-corrected chi connectivity index (χ4v) is 3.80. The van der Waals surface area contributed by atoms with Gasteiger partial charge in [0.05, 0.1) is 22.4 Å². The first kappa shape index (κ1) is 21.7. The van der Waals surface area contributed by atoms with Gasteiger partial charge in [0.25, 0.3) is 5.91 Å². The third-order valence-corrected chi connectivity index (χ3v) is 5.19. The number of ether oxygens (including phenoxy) is 1. The van der Waals surface area contributed by atoms with Gasteiger partial charge in [0.1, 0.15) is 12.4 Å². The van der Waals surface area contributed by atoms with Crippen molar-refractivity contribution in [2.24, 2.45) is 5.73 Å². The van der Waals surface area contributed by atoms with Gasteiger partial charge >= 0.3 is 0 Å². The van der Waals surface area contributed by atoms with E-state index in [1.807, 2.05) is 0 Å². The van der Waals surface area contributed by atoms with Crippen LogP contribution < -0.4 is 20.5 Å². The van der Waals surface area contributed by atoms with E-state index in [1.54, 1.807) is 6.07 Å². The molecule has 0 bridgehead atoms. The normalized spacial score (nSPS) is 11.7. The molecule has 4 N–H and O–H groups in total. The highest BCUT2D eigenvalue weighted by Crippen LogP contribution is 2.29. The molecule has 2 rings (SSSR count). The van der Waals surface area contributed by atoms with E-state index in [0.717, 1.165) is 12.5 Å². The van der Waals surface area contributed by atoms with Crippen LogP contribution in [0.1, 0.15) is 10.4 Å². The summed E-state index contributed by atoms with van der Waals surface area (Å²) in [5.41, 5.74) is 5.74. The van der Waals surface area contributed by atoms with Gasteiger partial charge in [-0.3, -0.25) is 9.52 Å². The van der Waals surface area contributed by atoms with Crippen LogP contribution in [-0.4, -0.2) is 48.4 Å². The van der Waals surface area contributed by atoms with Gasteiger partial charge in [0.15, 0.2) is 9.84 Å². The zero-order valence-electron chi connectivity index (χ0n) is 15.3. The van der Waals surface area contributed by atoms with Crippen molar-refractivity contribution in [1.29, 1.82) is 0 Å². The number of sulfone groups is 1. The Balaban J connectivity index is 2.36. The molecule has 9 nitrogen and oxygen atoms in total. The number of carbonyl (C=O) groups is 1. The standard InChI is InChI=1S/C17H21N3O6S2/c1-27(22,23)16-6-4-3-5-13(16)17(21)19-12-7-8-15(26-10-9-18)14(11-12)20-28(2,24)25/h3-8,11,20H,9-10,18H2,1-2H3,(H,19,21). The van der Waals surface area contributed by atoms with E-state index in [0.29, 0.717) is 0 Å². The SMILES string of the molecule is CS(=O)(=O)Nc1cc(NC(=O)c2ccccc2S(C)(=O)=O)ccc1OCCN. The van der Waals surface area contributed by atoms with Gasteiger partial charge in [0, 0.05) is 18.5 Å². The molecule has 0 saturated heterocycles. The number of anilines is 2. The molecule has 0 atom stereocenters. The number of carbonyl (C=O) groups excluding carboxylic acids is 1. The summed E-state index contributed by atoms with van der Waals surface area (Å²) in [4.78, 5) is 12.5. The molecular formula is C17H21N3O6S2. The van der Waals surface area contributed by atoms with Crippen molar-refractivity contribution >= 4 is 37.1 Å². The maximum absolute atomic E-state index is 12.6. The fourth-order valence-electron chi connectivity index (χ4n) is 2.36. The van der Waals surface area contributed by atoms with E-state index >= 15 is 0 Å². The number of hydrogen-bond donors (Lipinski definition) is 3. The summed E-state index contributed by atoms with van der Waals surface area (Å²) >= 11 is 0. The minimum Gasteiger partial charge on any atom is -0.490 e. The number of hydrogen-bond acceptors (Lipinski definition) is 7. The zero-order valence-corrected chi connectivity index (χ0v) is 16.9. The Kier molecular flexibility index (Phi) is 6.65. The van der Waals surface area contributed by atoms with E-state index in [9.17, 15) is 21.6 Å². The lowest BCUT2D eigenvalue weighted by molar-refractivity contribution is 0.102. The Morgan fingerprint density at radius 3 is 2.36 bits per heavy atom. The summed E-state index contributed by atoms with van der Waals surface area (Å²) in [6, 6.07) is 10.1. The summed E-state index contributed by atoms with van der Waals surface area (Å²) in [5.74, 6) is -0.410. The Labute approximate surface area is 163 Å². The molecule has 11 heteroatoms. The first-order valence-corrected chi connectivity index (χ1v) is 11.8. The number of nitrogens with two attached hydrogens (primary N) is 1. The van der Waals surface area contributed by atoms with Gasteiger partial charge in [-0.1, -0.05) is 12.1 Å². The van der Waals surface area contributed by atoms with Crippen LogP contribution >= 0.6 is 0 Å². The van der Waals surface area contributed by atoms with Crippen molar-refractivity contribution in [1.82, 2.24) is 0 Å². The van der Waals surface area contributed by atoms with Crippen molar-refractivity contribution in [3.63, 3.8) is 0 Å². The van der Waals surface area contributed by atoms with Crippen LogP contribution in [0.3, 0.4) is 0 Å². The summed E-state index contributed by atoms with van der Waals surface area (Å²) in [6.07, 6.45) is 1.99. The van der Waals surface area contributed by atoms with Crippen LogP contribution in [0.4, 0.5) is 11.4 Å². The van der Waals surface area contributed by atoms with E-state index in [4.69, 9.17) is 10.5 Å². The zero-order chi connectivity index (χ0) is 20.9. The van der Waals surface area contributed by atoms with Crippen LogP contribution in [0.15, 0.2) is 47.4 Å². The van der Waals surface area contributed by atoms with Gasteiger partial charge < -0.3 is 15.8 Å². The molecule has 2 aromatic rings. The van der Waals surface area contributed by atoms with Crippen molar-refractivity contribution in [3.8, 4) is 5.75 Å². The highest BCUT2D eigenvalue weighted by molar-refractivity contribution is 7.92. The maximum atomic E-state index is 12.6. The predicted molar refractivity (Wildman–Crippen MR) is 107 cm³/mol. The van der Waals surface area contributed by atoms with Gasteiger partial charge in [-0.15, -0.1) is 0 Å². The lowest BCUT2D eigenvalue weighted by Gasteiger charge is -2.14. The minimum absolute atomic E-state index is 0.0221. The average molecular weight is 428 g/mol. The average Bonchev–Trinajstić information content (AvgIpc) is 2.59. The van der Waals surface area contributed by atoms with Crippen LogP contribution in [0.2, 0.25) is 0 Å². The smallest absolute Gasteiger partial charge is 0.256 e. The molecule has 0 aliphatic heterocycles. The summed E-state index contributed by atoms with van der Waals surface area (Å²) in [7, 11) is -7.21. The van der Waals surface area contributed by atoms with Crippen LogP contribution in [0, 0.1) is 0 Å². The molecular weight excluding hydrogens is 406 g/mol. The minimum atomic E-state index is -3.60. The quantitative estimate of drug-likeness (QED) is 0.571. The molecule has 1 amide bonds. The molecule has 0 aliphatic carbocycles. The summed E-state index contributed by atoms with van der Waals surface area (Å²) in [5, 5.41) is 2.56. The number of benzene rings is 2. The van der Waals surface area contributed by atoms with Crippen LogP contribution in [-0.2, 0) is 19.9 Å². The monoisotopic (exact) mass is 427 g/mol. The predicted octanol–water partition coefficient (Wildman–Crippen LogP) is 1.05. The lowest BCUT2D eigenvalue weighted by atomic mass is 10.2. The first-order chi connectivity index (χ1) is 13.0. The first-order valence-electron chi connectivity index (χ1n) is 8.06. The molecule has 0 saturated carbocycles. The molecule has 0 aliphatic rings. The highest BCUT2D eigenvalue weighted by Gasteiger charge is 2.19. The van der Waals surface area contributed by atoms with Crippen molar-refractivity contribution < 1.29 is 26.4 Å². The lowest BCUT2D eigenvalue weighted by Crippen LogP contribution is -2.17. The second kappa shape index (κ2) is 8.59. The number of sulfonamides is 1. The number of rotatable bonds is 8. The van der Waals surface area contributed by atoms with E-state index < -0.39 is 25.8 Å². The van der Waals surface area contributed by atoms with Crippen molar-refractivity contribution in [2.75, 3.05) is 35.7 Å². The molecule has 0 aromatic heterocycles. The third-order valence-electron chi connectivity index (χ3n) is 3.44. The van der Waals surface area contributed by atoms with Crippen molar-refractivity contribution in [3.05, 3.63) is 48.0 Å². The maximum Gasteiger partial charge on any atom is 0.256 e. The van der Waals surface area contributed by atoms with Gasteiger partial charge in [-0.25, -0.2) is 16.8 Å². The fraction of sp³-hybridized carbons (Fsp3) is 0.235. The van der Waals surface area contributed by atoms with E-state index in [2.05, 4.69) is 10.0 Å². The molecule has 152 valence electrons. The molecule has 0 unspecified atom stereocenters. The van der Waals surface area contributed by atoms with E-state index in [1.165, 1.54) is 36.4 Å². The Morgan fingerprint density at radius 1 is 1.07 bits per heavy atom. The molecule has 0 radical (unpaired) electrons. The second-order valence-electron chi connectivity index (χ2n) is 5.94. The molecule has 0 heterocycles. The summed E-state index contributed by atoms with van der Waals surface area (Å²) in [6.45, 7) is 0.408. The molecule has 28 heavy (non-hydrogen) atoms. The Morgan fingerprint density at radius 2 is 1.75 bits per heavy atom. The third kappa shape index (κ3) is 5.94. The van der Waals surface area contributed by atoms with Crippen molar-refractivity contribution in [2.45, 2.75) is 4.90 Å². The molecule has 0 fully saturated rings. The number of amides is 1. The molecule has 0 spiro atoms. The number of nitrogens with one attached hydrogen (secondary N) is 2. The van der Waals surface area contributed by atoms with Gasteiger partial charge in [-0.05, 0) is 30.3 Å². The van der Waals surface area contributed by atoms with Crippen LogP contribution in [0.5, 0.6) is 5.75 Å². The summed E-state index contributed by atoms with van der Waals surface area (Å²) < 4.78 is 54.7.